The lowest BCUT2D eigenvalue weighted by Gasteiger charge is -2.33. The lowest BCUT2D eigenvalue weighted by Crippen LogP contribution is -2.43. The number of carbonyl (C=O) groups is 2. The Morgan fingerprint density at radius 3 is 2.52 bits per heavy atom. The van der Waals surface area contributed by atoms with Crippen LogP contribution >= 0.6 is 0 Å². The SMILES string of the molecule is CC(N)C1CCN(C(=O)CCNC(=O)Cc2ccccc2)CC1. The van der Waals surface area contributed by atoms with Crippen LogP contribution in [-0.2, 0) is 16.0 Å². The molecule has 126 valence electrons. The van der Waals surface area contributed by atoms with E-state index < -0.39 is 0 Å². The summed E-state index contributed by atoms with van der Waals surface area (Å²) in [5.74, 6) is 0.595. The van der Waals surface area contributed by atoms with Crippen LogP contribution in [0.2, 0.25) is 0 Å². The minimum Gasteiger partial charge on any atom is -0.355 e. The molecule has 5 heteroatoms. The van der Waals surface area contributed by atoms with Crippen molar-refractivity contribution >= 4 is 11.8 Å². The van der Waals surface area contributed by atoms with Gasteiger partial charge in [0.1, 0.15) is 0 Å². The molecule has 0 radical (unpaired) electrons. The van der Waals surface area contributed by atoms with E-state index in [1.54, 1.807) is 0 Å². The highest BCUT2D eigenvalue weighted by Crippen LogP contribution is 2.19. The minimum atomic E-state index is -0.0420. The molecule has 1 aliphatic heterocycles. The van der Waals surface area contributed by atoms with Crippen LogP contribution in [-0.4, -0.2) is 42.4 Å². The molecule has 23 heavy (non-hydrogen) atoms. The topological polar surface area (TPSA) is 75.4 Å². The number of nitrogens with zero attached hydrogens (tertiary/aromatic N) is 1. The van der Waals surface area contributed by atoms with Gasteiger partial charge in [0.25, 0.3) is 0 Å². The van der Waals surface area contributed by atoms with Crippen LogP contribution in [0.3, 0.4) is 0 Å². The maximum Gasteiger partial charge on any atom is 0.224 e. The summed E-state index contributed by atoms with van der Waals surface area (Å²) in [7, 11) is 0. The molecule has 2 amide bonds. The van der Waals surface area contributed by atoms with E-state index in [0.717, 1.165) is 31.5 Å². The summed E-state index contributed by atoms with van der Waals surface area (Å²) in [5, 5.41) is 2.82. The first kappa shape index (κ1) is 17.5. The van der Waals surface area contributed by atoms with Gasteiger partial charge in [-0.2, -0.15) is 0 Å². The van der Waals surface area contributed by atoms with E-state index >= 15 is 0 Å². The summed E-state index contributed by atoms with van der Waals surface area (Å²) in [5.41, 5.74) is 6.90. The van der Waals surface area contributed by atoms with Crippen molar-refractivity contribution in [3.8, 4) is 0 Å². The zero-order valence-corrected chi connectivity index (χ0v) is 13.8. The Kier molecular flexibility index (Phi) is 6.59. The standard InChI is InChI=1S/C18H27N3O2/c1-14(19)16-8-11-21(12-9-16)18(23)7-10-20-17(22)13-15-5-3-2-4-6-15/h2-6,14,16H,7-13,19H2,1H3,(H,20,22). The predicted molar refractivity (Wildman–Crippen MR) is 90.7 cm³/mol. The monoisotopic (exact) mass is 317 g/mol. The van der Waals surface area contributed by atoms with Gasteiger partial charge in [-0.1, -0.05) is 30.3 Å². The Morgan fingerprint density at radius 1 is 1.26 bits per heavy atom. The van der Waals surface area contributed by atoms with Crippen molar-refractivity contribution < 1.29 is 9.59 Å². The normalized spacial score (nSPS) is 16.9. The summed E-state index contributed by atoms with van der Waals surface area (Å²) in [6.45, 7) is 3.99. The predicted octanol–water partition coefficient (Wildman–Crippen LogP) is 1.32. The summed E-state index contributed by atoms with van der Waals surface area (Å²) in [6.07, 6.45) is 2.67. The molecule has 1 unspecified atom stereocenters. The first-order valence-electron chi connectivity index (χ1n) is 8.40. The Labute approximate surface area is 138 Å². The Hall–Kier alpha value is -1.88. The number of hydrogen-bond acceptors (Lipinski definition) is 3. The van der Waals surface area contributed by atoms with Crippen LogP contribution in [0.1, 0.15) is 31.7 Å². The van der Waals surface area contributed by atoms with Crippen molar-refractivity contribution in [3.63, 3.8) is 0 Å². The second-order valence-electron chi connectivity index (χ2n) is 6.34. The van der Waals surface area contributed by atoms with Gasteiger partial charge >= 0.3 is 0 Å². The van der Waals surface area contributed by atoms with Gasteiger partial charge in [0.2, 0.25) is 11.8 Å². The molecule has 1 aliphatic rings. The fourth-order valence-electron chi connectivity index (χ4n) is 2.99. The van der Waals surface area contributed by atoms with Crippen LogP contribution in [0.25, 0.3) is 0 Å². The van der Waals surface area contributed by atoms with Gasteiger partial charge in [0.05, 0.1) is 6.42 Å². The molecule has 0 aliphatic carbocycles. The summed E-state index contributed by atoms with van der Waals surface area (Å²) >= 11 is 0. The van der Waals surface area contributed by atoms with Crippen molar-refractivity contribution in [1.82, 2.24) is 10.2 Å². The van der Waals surface area contributed by atoms with Crippen molar-refractivity contribution in [2.24, 2.45) is 11.7 Å². The van der Waals surface area contributed by atoms with Gasteiger partial charge in [0.15, 0.2) is 0 Å². The molecule has 0 bridgehead atoms. The minimum absolute atomic E-state index is 0.0420. The average Bonchev–Trinajstić information content (AvgIpc) is 2.55. The average molecular weight is 317 g/mol. The molecule has 0 aromatic heterocycles. The number of rotatable bonds is 6. The number of likely N-dealkylation sites (tertiary alicyclic amines) is 1. The third kappa shape index (κ3) is 5.67. The summed E-state index contributed by atoms with van der Waals surface area (Å²) in [4.78, 5) is 25.9. The van der Waals surface area contributed by atoms with Crippen LogP contribution in [0.4, 0.5) is 0 Å². The molecule has 2 rings (SSSR count). The molecule has 1 aromatic rings. The third-order valence-electron chi connectivity index (χ3n) is 4.50. The van der Waals surface area contributed by atoms with Gasteiger partial charge in [-0.3, -0.25) is 9.59 Å². The molecule has 5 nitrogen and oxygen atoms in total. The molecule has 1 saturated heterocycles. The summed E-state index contributed by atoms with van der Waals surface area (Å²) in [6, 6.07) is 9.80. The highest BCUT2D eigenvalue weighted by Gasteiger charge is 2.24. The van der Waals surface area contributed by atoms with E-state index in [2.05, 4.69) is 5.32 Å². The largest absolute Gasteiger partial charge is 0.355 e. The molecule has 0 saturated carbocycles. The van der Waals surface area contributed by atoms with E-state index in [-0.39, 0.29) is 17.9 Å². The van der Waals surface area contributed by atoms with Crippen LogP contribution in [0.5, 0.6) is 0 Å². The first-order valence-corrected chi connectivity index (χ1v) is 8.40. The molecule has 1 atom stereocenters. The number of hydrogen-bond donors (Lipinski definition) is 2. The van der Waals surface area contributed by atoms with Gasteiger partial charge in [-0.05, 0) is 31.2 Å². The van der Waals surface area contributed by atoms with Gasteiger partial charge in [-0.25, -0.2) is 0 Å². The van der Waals surface area contributed by atoms with Crippen molar-refractivity contribution in [2.45, 2.75) is 38.6 Å². The Bertz CT molecular complexity index is 508. The smallest absolute Gasteiger partial charge is 0.224 e. The second-order valence-corrected chi connectivity index (χ2v) is 6.34. The van der Waals surface area contributed by atoms with E-state index in [1.807, 2.05) is 42.2 Å². The number of benzene rings is 1. The molecule has 1 aromatic carbocycles. The first-order chi connectivity index (χ1) is 11.1. The van der Waals surface area contributed by atoms with E-state index in [4.69, 9.17) is 5.73 Å². The molecular formula is C18H27N3O2. The number of nitrogens with two attached hydrogens (primary N) is 1. The number of carbonyl (C=O) groups excluding carboxylic acids is 2. The summed E-state index contributed by atoms with van der Waals surface area (Å²) < 4.78 is 0. The molecule has 1 heterocycles. The van der Waals surface area contributed by atoms with Crippen LogP contribution in [0, 0.1) is 5.92 Å². The highest BCUT2D eigenvalue weighted by atomic mass is 16.2. The van der Waals surface area contributed by atoms with Crippen molar-refractivity contribution in [1.29, 1.82) is 0 Å². The van der Waals surface area contributed by atoms with Crippen LogP contribution < -0.4 is 11.1 Å². The van der Waals surface area contributed by atoms with Crippen molar-refractivity contribution in [2.75, 3.05) is 19.6 Å². The van der Waals surface area contributed by atoms with Gasteiger partial charge in [-0.15, -0.1) is 0 Å². The Morgan fingerprint density at radius 2 is 1.91 bits per heavy atom. The molecule has 0 spiro atoms. The van der Waals surface area contributed by atoms with Crippen LogP contribution in [0.15, 0.2) is 30.3 Å². The third-order valence-corrected chi connectivity index (χ3v) is 4.50. The zero-order valence-electron chi connectivity index (χ0n) is 13.8. The highest BCUT2D eigenvalue weighted by molar-refractivity contribution is 5.80. The van der Waals surface area contributed by atoms with E-state index in [9.17, 15) is 9.59 Å². The number of amides is 2. The quantitative estimate of drug-likeness (QED) is 0.831. The van der Waals surface area contributed by atoms with Gasteiger partial charge < -0.3 is 16.0 Å². The molecule has 1 fully saturated rings. The van der Waals surface area contributed by atoms with Crippen molar-refractivity contribution in [3.05, 3.63) is 35.9 Å². The maximum atomic E-state index is 12.2. The fraction of sp³-hybridized carbons (Fsp3) is 0.556. The maximum absolute atomic E-state index is 12.2. The van der Waals surface area contributed by atoms with E-state index in [0.29, 0.717) is 25.3 Å². The fourth-order valence-corrected chi connectivity index (χ4v) is 2.99. The zero-order chi connectivity index (χ0) is 16.7. The molecular weight excluding hydrogens is 290 g/mol. The molecule has 3 N–H and O–H groups in total. The number of piperidine rings is 1. The lowest BCUT2D eigenvalue weighted by molar-refractivity contribution is -0.132. The van der Waals surface area contributed by atoms with Gasteiger partial charge in [0, 0.05) is 32.1 Å². The second kappa shape index (κ2) is 8.67. The Balaban J connectivity index is 1.64. The lowest BCUT2D eigenvalue weighted by atomic mass is 9.91. The number of nitrogens with one attached hydrogen (secondary N) is 1. The van der Waals surface area contributed by atoms with E-state index in [1.165, 1.54) is 0 Å².